The van der Waals surface area contributed by atoms with Crippen LogP contribution in [-0.2, 0) is 4.74 Å². The molecule has 4 nitrogen and oxygen atoms in total. The van der Waals surface area contributed by atoms with E-state index in [1.54, 1.807) is 19.1 Å². The highest BCUT2D eigenvalue weighted by atomic mass is 19.1. The second-order valence-corrected chi connectivity index (χ2v) is 5.06. The third-order valence-corrected chi connectivity index (χ3v) is 3.08. The minimum atomic E-state index is -0.710. The fourth-order valence-electron chi connectivity index (χ4n) is 1.86. The Morgan fingerprint density at radius 2 is 1.95 bits per heavy atom. The van der Waals surface area contributed by atoms with Gasteiger partial charge in [-0.15, -0.1) is 0 Å². The number of halogens is 1. The Morgan fingerprint density at radius 1 is 1.27 bits per heavy atom. The maximum Gasteiger partial charge on any atom is 0.339 e. The van der Waals surface area contributed by atoms with E-state index in [2.05, 4.69) is 18.8 Å². The van der Waals surface area contributed by atoms with Gasteiger partial charge in [-0.1, -0.05) is 26.0 Å². The van der Waals surface area contributed by atoms with Crippen LogP contribution in [0.5, 0.6) is 11.6 Å². The topological polar surface area (TPSA) is 48.4 Å². The van der Waals surface area contributed by atoms with E-state index >= 15 is 0 Å². The number of ether oxygens (including phenoxy) is 2. The number of rotatable bonds is 5. The molecule has 0 bridgehead atoms. The van der Waals surface area contributed by atoms with Crippen LogP contribution in [0.2, 0.25) is 0 Å². The third kappa shape index (κ3) is 3.81. The molecule has 0 aliphatic carbocycles. The molecule has 0 saturated carbocycles. The highest BCUT2D eigenvalue weighted by Crippen LogP contribution is 2.25. The lowest BCUT2D eigenvalue weighted by Crippen LogP contribution is -2.06. The SMILES string of the molecule is CCOC(=O)c1cnc(Oc2ccc(C(C)C)cc2)c(F)c1. The fourth-order valence-corrected chi connectivity index (χ4v) is 1.86. The monoisotopic (exact) mass is 303 g/mol. The van der Waals surface area contributed by atoms with Gasteiger partial charge >= 0.3 is 5.97 Å². The van der Waals surface area contributed by atoms with E-state index < -0.39 is 11.8 Å². The standard InChI is InChI=1S/C17H18FNO3/c1-4-21-17(20)13-9-15(18)16(19-10-13)22-14-7-5-12(6-8-14)11(2)3/h5-11H,4H2,1-3H3. The van der Waals surface area contributed by atoms with E-state index in [9.17, 15) is 9.18 Å². The van der Waals surface area contributed by atoms with Crippen LogP contribution in [0.3, 0.4) is 0 Å². The lowest BCUT2D eigenvalue weighted by molar-refractivity contribution is 0.0525. The number of esters is 1. The molecule has 0 N–H and O–H groups in total. The van der Waals surface area contributed by atoms with Gasteiger partial charge in [0.15, 0.2) is 5.82 Å². The third-order valence-electron chi connectivity index (χ3n) is 3.08. The zero-order chi connectivity index (χ0) is 16.1. The lowest BCUT2D eigenvalue weighted by atomic mass is 10.0. The van der Waals surface area contributed by atoms with E-state index in [4.69, 9.17) is 9.47 Å². The number of hydrogen-bond acceptors (Lipinski definition) is 4. The minimum absolute atomic E-state index is 0.0573. The second-order valence-electron chi connectivity index (χ2n) is 5.06. The molecular formula is C17H18FNO3. The van der Waals surface area contributed by atoms with Crippen LogP contribution in [0.25, 0.3) is 0 Å². The van der Waals surface area contributed by atoms with E-state index in [1.807, 2.05) is 12.1 Å². The predicted molar refractivity (Wildman–Crippen MR) is 80.8 cm³/mol. The lowest BCUT2D eigenvalue weighted by Gasteiger charge is -2.09. The Bertz CT molecular complexity index is 653. The molecule has 2 rings (SSSR count). The first-order chi connectivity index (χ1) is 10.5. The number of benzene rings is 1. The smallest absolute Gasteiger partial charge is 0.339 e. The van der Waals surface area contributed by atoms with Crippen molar-refractivity contribution in [1.29, 1.82) is 0 Å². The Morgan fingerprint density at radius 3 is 2.50 bits per heavy atom. The summed E-state index contributed by atoms with van der Waals surface area (Å²) in [6.07, 6.45) is 1.24. The van der Waals surface area contributed by atoms with Gasteiger partial charge in [-0.25, -0.2) is 14.2 Å². The van der Waals surface area contributed by atoms with Gasteiger partial charge in [-0.3, -0.25) is 0 Å². The van der Waals surface area contributed by atoms with Crippen molar-refractivity contribution >= 4 is 5.97 Å². The summed E-state index contributed by atoms with van der Waals surface area (Å²) in [6.45, 7) is 6.08. The number of pyridine rings is 1. The molecule has 1 aromatic heterocycles. The summed E-state index contributed by atoms with van der Waals surface area (Å²) in [6, 6.07) is 8.42. The zero-order valence-corrected chi connectivity index (χ0v) is 12.8. The normalized spacial score (nSPS) is 10.6. The summed E-state index contributed by atoms with van der Waals surface area (Å²) in [7, 11) is 0. The molecule has 1 aromatic carbocycles. The molecule has 0 fully saturated rings. The highest BCUT2D eigenvalue weighted by molar-refractivity contribution is 5.89. The molecule has 0 spiro atoms. The minimum Gasteiger partial charge on any atom is -0.462 e. The van der Waals surface area contributed by atoms with Crippen LogP contribution in [0, 0.1) is 5.82 Å². The highest BCUT2D eigenvalue weighted by Gasteiger charge is 2.13. The first-order valence-corrected chi connectivity index (χ1v) is 7.11. The van der Waals surface area contributed by atoms with Crippen molar-refractivity contribution < 1.29 is 18.7 Å². The summed E-state index contributed by atoms with van der Waals surface area (Å²) in [5.74, 6) is -0.599. The number of aromatic nitrogens is 1. The van der Waals surface area contributed by atoms with Crippen molar-refractivity contribution in [2.24, 2.45) is 0 Å². The van der Waals surface area contributed by atoms with Gasteiger partial charge < -0.3 is 9.47 Å². The van der Waals surface area contributed by atoms with Gasteiger partial charge in [0.25, 0.3) is 5.88 Å². The van der Waals surface area contributed by atoms with Crippen LogP contribution in [0.15, 0.2) is 36.5 Å². The van der Waals surface area contributed by atoms with Crippen molar-refractivity contribution in [1.82, 2.24) is 4.98 Å². The summed E-state index contributed by atoms with van der Waals surface area (Å²) < 4.78 is 24.1. The van der Waals surface area contributed by atoms with Crippen LogP contribution in [-0.4, -0.2) is 17.6 Å². The van der Waals surface area contributed by atoms with Gasteiger partial charge in [0.05, 0.1) is 12.2 Å². The van der Waals surface area contributed by atoms with Gasteiger partial charge in [0.2, 0.25) is 0 Å². The van der Waals surface area contributed by atoms with E-state index in [0.29, 0.717) is 11.7 Å². The Hall–Kier alpha value is -2.43. The maximum atomic E-state index is 13.9. The number of carbonyl (C=O) groups is 1. The molecule has 116 valence electrons. The molecule has 0 radical (unpaired) electrons. The van der Waals surface area contributed by atoms with Crippen molar-refractivity contribution in [3.63, 3.8) is 0 Å². The summed E-state index contributed by atoms with van der Waals surface area (Å²) >= 11 is 0. The van der Waals surface area contributed by atoms with Crippen molar-refractivity contribution in [2.45, 2.75) is 26.7 Å². The van der Waals surface area contributed by atoms with Crippen LogP contribution in [0.4, 0.5) is 4.39 Å². The van der Waals surface area contributed by atoms with E-state index in [1.165, 1.54) is 11.8 Å². The fraction of sp³-hybridized carbons (Fsp3) is 0.294. The van der Waals surface area contributed by atoms with Gasteiger partial charge in [-0.05, 0) is 36.6 Å². The molecule has 2 aromatic rings. The number of hydrogen-bond donors (Lipinski definition) is 0. The van der Waals surface area contributed by atoms with Crippen LogP contribution in [0.1, 0.15) is 42.6 Å². The second kappa shape index (κ2) is 7.02. The molecule has 0 saturated heterocycles. The Kier molecular flexibility index (Phi) is 5.09. The average molecular weight is 303 g/mol. The van der Waals surface area contributed by atoms with Crippen LogP contribution < -0.4 is 4.74 Å². The molecule has 0 amide bonds. The van der Waals surface area contributed by atoms with Gasteiger partial charge in [0.1, 0.15) is 5.75 Å². The molecule has 0 aliphatic heterocycles. The predicted octanol–water partition coefficient (Wildman–Crippen LogP) is 4.31. The Balaban J connectivity index is 2.14. The summed E-state index contributed by atoms with van der Waals surface area (Å²) in [5.41, 5.74) is 1.22. The summed E-state index contributed by atoms with van der Waals surface area (Å²) in [4.78, 5) is 15.3. The van der Waals surface area contributed by atoms with Crippen LogP contribution >= 0.6 is 0 Å². The van der Waals surface area contributed by atoms with E-state index in [0.717, 1.165) is 6.07 Å². The quantitative estimate of drug-likeness (QED) is 0.772. The molecule has 1 heterocycles. The average Bonchev–Trinajstić information content (AvgIpc) is 2.50. The van der Waals surface area contributed by atoms with Crippen molar-refractivity contribution in [3.8, 4) is 11.6 Å². The molecule has 0 aliphatic rings. The van der Waals surface area contributed by atoms with Gasteiger partial charge in [0, 0.05) is 6.20 Å². The number of carbonyl (C=O) groups excluding carboxylic acids is 1. The molecule has 5 heteroatoms. The van der Waals surface area contributed by atoms with Gasteiger partial charge in [-0.2, -0.15) is 0 Å². The first-order valence-electron chi connectivity index (χ1n) is 7.11. The van der Waals surface area contributed by atoms with E-state index in [-0.39, 0.29) is 18.1 Å². The zero-order valence-electron chi connectivity index (χ0n) is 12.8. The largest absolute Gasteiger partial charge is 0.462 e. The molecule has 0 atom stereocenters. The molecular weight excluding hydrogens is 285 g/mol. The number of nitrogens with zero attached hydrogens (tertiary/aromatic N) is 1. The summed E-state index contributed by atoms with van der Waals surface area (Å²) in [5, 5.41) is 0. The van der Waals surface area contributed by atoms with Crippen molar-refractivity contribution in [2.75, 3.05) is 6.61 Å². The maximum absolute atomic E-state index is 13.9. The molecule has 22 heavy (non-hydrogen) atoms. The molecule has 0 unspecified atom stereocenters. The first kappa shape index (κ1) is 15.9. The Labute approximate surface area is 128 Å². The van der Waals surface area contributed by atoms with Crippen molar-refractivity contribution in [3.05, 3.63) is 53.5 Å².